The zero-order valence-electron chi connectivity index (χ0n) is 8.27. The van der Waals surface area contributed by atoms with Gasteiger partial charge >= 0.3 is 0 Å². The summed E-state index contributed by atoms with van der Waals surface area (Å²) in [6.07, 6.45) is 1.77. The first-order chi connectivity index (χ1) is 7.25. The van der Waals surface area contributed by atoms with Crippen LogP contribution in [0.1, 0.15) is 18.0 Å². The van der Waals surface area contributed by atoms with Crippen molar-refractivity contribution in [3.8, 4) is 0 Å². The van der Waals surface area contributed by atoms with E-state index in [4.69, 9.17) is 0 Å². The third kappa shape index (κ3) is 2.53. The molecule has 1 aromatic carbocycles. The van der Waals surface area contributed by atoms with E-state index in [1.54, 1.807) is 23.6 Å². The number of thiazole rings is 1. The molecular weight excluding hydrogens is 211 g/mol. The van der Waals surface area contributed by atoms with Crippen LogP contribution in [-0.4, -0.2) is 4.98 Å². The van der Waals surface area contributed by atoms with Gasteiger partial charge in [0, 0.05) is 17.3 Å². The van der Waals surface area contributed by atoms with Gasteiger partial charge in [-0.3, -0.25) is 0 Å². The molecule has 1 atom stereocenters. The third-order valence-electron chi connectivity index (χ3n) is 2.03. The molecule has 0 spiro atoms. The van der Waals surface area contributed by atoms with Crippen LogP contribution in [0.4, 0.5) is 10.1 Å². The zero-order chi connectivity index (χ0) is 10.7. The lowest BCUT2D eigenvalue weighted by molar-refractivity contribution is 0.628. The SMILES string of the molecule is CC(Nc1cccc(F)c1)c1nccs1. The van der Waals surface area contributed by atoms with Gasteiger partial charge in [0.05, 0.1) is 6.04 Å². The molecule has 1 N–H and O–H groups in total. The number of nitrogens with one attached hydrogen (secondary N) is 1. The van der Waals surface area contributed by atoms with Gasteiger partial charge in [0.1, 0.15) is 10.8 Å². The summed E-state index contributed by atoms with van der Waals surface area (Å²) in [6, 6.07) is 6.54. The van der Waals surface area contributed by atoms with Crippen LogP contribution in [0.15, 0.2) is 35.8 Å². The molecule has 15 heavy (non-hydrogen) atoms. The molecule has 0 amide bonds. The van der Waals surface area contributed by atoms with Crippen LogP contribution in [0.2, 0.25) is 0 Å². The van der Waals surface area contributed by atoms with Gasteiger partial charge in [0.15, 0.2) is 0 Å². The molecule has 2 nitrogen and oxygen atoms in total. The number of aromatic nitrogens is 1. The van der Waals surface area contributed by atoms with Gasteiger partial charge in [0.2, 0.25) is 0 Å². The number of hydrogen-bond donors (Lipinski definition) is 1. The van der Waals surface area contributed by atoms with E-state index in [1.165, 1.54) is 12.1 Å². The maximum Gasteiger partial charge on any atom is 0.125 e. The number of rotatable bonds is 3. The van der Waals surface area contributed by atoms with E-state index in [0.717, 1.165) is 10.7 Å². The predicted octanol–water partition coefficient (Wildman–Crippen LogP) is 3.46. The Morgan fingerprint density at radius 2 is 2.33 bits per heavy atom. The first-order valence-corrected chi connectivity index (χ1v) is 5.55. The molecular formula is C11H11FN2S. The average molecular weight is 222 g/mol. The average Bonchev–Trinajstić information content (AvgIpc) is 2.70. The molecule has 0 saturated carbocycles. The van der Waals surface area contributed by atoms with E-state index in [1.807, 2.05) is 18.4 Å². The monoisotopic (exact) mass is 222 g/mol. The summed E-state index contributed by atoms with van der Waals surface area (Å²) in [4.78, 5) is 4.20. The lowest BCUT2D eigenvalue weighted by atomic mass is 10.2. The van der Waals surface area contributed by atoms with Crippen LogP contribution in [0, 0.1) is 5.82 Å². The first-order valence-electron chi connectivity index (χ1n) is 4.67. The van der Waals surface area contributed by atoms with E-state index in [0.29, 0.717) is 0 Å². The molecule has 0 aliphatic rings. The van der Waals surface area contributed by atoms with E-state index in [-0.39, 0.29) is 11.9 Å². The van der Waals surface area contributed by atoms with Crippen molar-refractivity contribution in [2.45, 2.75) is 13.0 Å². The summed E-state index contributed by atoms with van der Waals surface area (Å²) < 4.78 is 12.9. The fourth-order valence-electron chi connectivity index (χ4n) is 1.34. The summed E-state index contributed by atoms with van der Waals surface area (Å²) in [5.74, 6) is -0.230. The number of anilines is 1. The van der Waals surface area contributed by atoms with Gasteiger partial charge in [-0.25, -0.2) is 9.37 Å². The quantitative estimate of drug-likeness (QED) is 0.860. The number of hydrogen-bond acceptors (Lipinski definition) is 3. The minimum Gasteiger partial charge on any atom is -0.376 e. The third-order valence-corrected chi connectivity index (χ3v) is 2.99. The largest absolute Gasteiger partial charge is 0.376 e. The molecule has 2 aromatic rings. The Labute approximate surface area is 91.8 Å². The van der Waals surface area contributed by atoms with Gasteiger partial charge in [-0.15, -0.1) is 11.3 Å². The van der Waals surface area contributed by atoms with Crippen molar-refractivity contribution < 1.29 is 4.39 Å². The molecule has 0 radical (unpaired) electrons. The molecule has 0 fully saturated rings. The Balaban J connectivity index is 2.09. The topological polar surface area (TPSA) is 24.9 Å². The van der Waals surface area contributed by atoms with Crippen LogP contribution in [0.5, 0.6) is 0 Å². The fraction of sp³-hybridized carbons (Fsp3) is 0.182. The highest BCUT2D eigenvalue weighted by atomic mass is 32.1. The summed E-state index contributed by atoms with van der Waals surface area (Å²) >= 11 is 1.59. The molecule has 1 aromatic heterocycles. The summed E-state index contributed by atoms with van der Waals surface area (Å²) in [6.45, 7) is 2.00. The van der Waals surface area contributed by atoms with Crippen molar-refractivity contribution in [3.05, 3.63) is 46.7 Å². The van der Waals surface area contributed by atoms with Crippen molar-refractivity contribution in [1.82, 2.24) is 4.98 Å². The second-order valence-electron chi connectivity index (χ2n) is 3.25. The van der Waals surface area contributed by atoms with Crippen LogP contribution in [0.25, 0.3) is 0 Å². The standard InChI is InChI=1S/C11H11FN2S/c1-8(11-13-5-6-15-11)14-10-4-2-3-9(12)7-10/h2-8,14H,1H3. The molecule has 0 aliphatic carbocycles. The first kappa shape index (κ1) is 10.1. The lowest BCUT2D eigenvalue weighted by Crippen LogP contribution is -2.05. The van der Waals surface area contributed by atoms with Gasteiger partial charge in [-0.2, -0.15) is 0 Å². The summed E-state index contributed by atoms with van der Waals surface area (Å²) in [7, 11) is 0. The van der Waals surface area contributed by atoms with Crippen LogP contribution < -0.4 is 5.32 Å². The highest BCUT2D eigenvalue weighted by Gasteiger charge is 2.07. The maximum absolute atomic E-state index is 12.9. The predicted molar refractivity (Wildman–Crippen MR) is 60.6 cm³/mol. The normalized spacial score (nSPS) is 12.4. The molecule has 1 heterocycles. The van der Waals surface area contributed by atoms with Crippen molar-refractivity contribution in [2.75, 3.05) is 5.32 Å². The second-order valence-corrected chi connectivity index (χ2v) is 4.17. The van der Waals surface area contributed by atoms with Crippen molar-refractivity contribution in [1.29, 1.82) is 0 Å². The highest BCUT2D eigenvalue weighted by Crippen LogP contribution is 2.20. The Hall–Kier alpha value is -1.42. The van der Waals surface area contributed by atoms with Crippen LogP contribution >= 0.6 is 11.3 Å². The van der Waals surface area contributed by atoms with Gasteiger partial charge in [-0.1, -0.05) is 6.07 Å². The summed E-state index contributed by atoms with van der Waals surface area (Å²) in [5.41, 5.74) is 0.776. The Kier molecular flexibility index (Phi) is 2.97. The number of nitrogens with zero attached hydrogens (tertiary/aromatic N) is 1. The molecule has 1 unspecified atom stereocenters. The molecule has 2 rings (SSSR count). The van der Waals surface area contributed by atoms with Crippen LogP contribution in [0.3, 0.4) is 0 Å². The van der Waals surface area contributed by atoms with E-state index < -0.39 is 0 Å². The maximum atomic E-state index is 12.9. The van der Waals surface area contributed by atoms with Gasteiger partial charge in [-0.05, 0) is 25.1 Å². The minimum absolute atomic E-state index is 0.104. The van der Waals surface area contributed by atoms with Gasteiger partial charge in [0.25, 0.3) is 0 Å². The fourth-order valence-corrected chi connectivity index (χ4v) is 1.98. The minimum atomic E-state index is -0.230. The Morgan fingerprint density at radius 1 is 1.47 bits per heavy atom. The second kappa shape index (κ2) is 4.40. The van der Waals surface area contributed by atoms with E-state index in [2.05, 4.69) is 10.3 Å². The zero-order valence-corrected chi connectivity index (χ0v) is 9.09. The molecule has 0 bridgehead atoms. The smallest absolute Gasteiger partial charge is 0.125 e. The molecule has 0 saturated heterocycles. The van der Waals surface area contributed by atoms with Gasteiger partial charge < -0.3 is 5.32 Å². The Bertz CT molecular complexity index is 428. The van der Waals surface area contributed by atoms with Crippen molar-refractivity contribution >= 4 is 17.0 Å². The van der Waals surface area contributed by atoms with E-state index in [9.17, 15) is 4.39 Å². The number of halogens is 1. The van der Waals surface area contributed by atoms with Crippen LogP contribution in [-0.2, 0) is 0 Å². The Morgan fingerprint density at radius 3 is 3.00 bits per heavy atom. The molecule has 0 aliphatic heterocycles. The lowest BCUT2D eigenvalue weighted by Gasteiger charge is -2.12. The molecule has 78 valence electrons. The van der Waals surface area contributed by atoms with E-state index >= 15 is 0 Å². The summed E-state index contributed by atoms with van der Waals surface area (Å²) in [5, 5.41) is 6.12. The highest BCUT2D eigenvalue weighted by molar-refractivity contribution is 7.09. The molecule has 4 heteroatoms. The number of benzene rings is 1. The van der Waals surface area contributed by atoms with Crippen molar-refractivity contribution in [3.63, 3.8) is 0 Å². The van der Waals surface area contributed by atoms with Crippen molar-refractivity contribution in [2.24, 2.45) is 0 Å².